The third-order valence-corrected chi connectivity index (χ3v) is 2.52. The summed E-state index contributed by atoms with van der Waals surface area (Å²) in [5.74, 6) is 0. The summed E-state index contributed by atoms with van der Waals surface area (Å²) in [6, 6.07) is 0. The minimum atomic E-state index is 1.18. The number of hydrogen-bond donors (Lipinski definition) is 0. The highest BCUT2D eigenvalue weighted by atomic mass is 13.9. The highest BCUT2D eigenvalue weighted by molar-refractivity contribution is 4.65. The summed E-state index contributed by atoms with van der Waals surface area (Å²) in [4.78, 5) is 0. The zero-order chi connectivity index (χ0) is 14.5. The fraction of sp³-hybridized carbons (Fsp3) is 0.667. The van der Waals surface area contributed by atoms with Crippen molar-refractivity contribution in [2.75, 3.05) is 0 Å². The summed E-state index contributed by atoms with van der Waals surface area (Å²) >= 11 is 0. The minimum Gasteiger partial charge on any atom is -0.106 e. The second kappa shape index (κ2) is 29.8. The molecule has 0 fully saturated rings. The average Bonchev–Trinajstić information content (AvgIpc) is 2.43. The van der Waals surface area contributed by atoms with Gasteiger partial charge in [-0.1, -0.05) is 70.9 Å². The van der Waals surface area contributed by atoms with Gasteiger partial charge in [0.25, 0.3) is 0 Å². The van der Waals surface area contributed by atoms with E-state index in [1.54, 1.807) is 0 Å². The van der Waals surface area contributed by atoms with Crippen molar-refractivity contribution < 1.29 is 0 Å². The van der Waals surface area contributed by atoms with Crippen molar-refractivity contribution >= 4 is 0 Å². The van der Waals surface area contributed by atoms with Crippen LogP contribution in [0.25, 0.3) is 0 Å². The topological polar surface area (TPSA) is 0 Å². The summed E-state index contributed by atoms with van der Waals surface area (Å²) in [5, 5.41) is 0. The summed E-state index contributed by atoms with van der Waals surface area (Å²) < 4.78 is 0. The molecular weight excluding hydrogens is 216 g/mol. The van der Waals surface area contributed by atoms with Gasteiger partial charge in [-0.25, -0.2) is 0 Å². The van der Waals surface area contributed by atoms with Crippen molar-refractivity contribution in [1.29, 1.82) is 0 Å². The standard InChI is InChI=1S/C10H20.C6H12.C2H4/c1-3-5-7-9-10-8-6-4-2;1-3-5-6-4-2;1-2/h3H,1,4-10H2,2H3;3H,1,4-6H2,2H3;1-2H2. The van der Waals surface area contributed by atoms with Gasteiger partial charge in [0.05, 0.1) is 0 Å². The smallest absolute Gasteiger partial charge is 0.0353 e. The van der Waals surface area contributed by atoms with Crippen LogP contribution in [0.1, 0.15) is 78.1 Å². The van der Waals surface area contributed by atoms with Gasteiger partial charge in [0.1, 0.15) is 0 Å². The molecule has 0 bridgehead atoms. The molecular formula is C18H36. The first-order chi connectivity index (χ1) is 8.83. The normalized spacial score (nSPS) is 8.33. The van der Waals surface area contributed by atoms with Gasteiger partial charge in [-0.15, -0.1) is 26.3 Å². The van der Waals surface area contributed by atoms with E-state index in [9.17, 15) is 0 Å². The summed E-state index contributed by atoms with van der Waals surface area (Å²) in [7, 11) is 0. The molecule has 0 aromatic rings. The zero-order valence-electron chi connectivity index (χ0n) is 13.1. The number of hydrogen-bond acceptors (Lipinski definition) is 0. The number of rotatable bonds is 10. The molecule has 0 saturated carbocycles. The van der Waals surface area contributed by atoms with Gasteiger partial charge in [-0.05, 0) is 19.3 Å². The first-order valence-electron chi connectivity index (χ1n) is 7.55. The van der Waals surface area contributed by atoms with E-state index >= 15 is 0 Å². The first kappa shape index (κ1) is 22.4. The lowest BCUT2D eigenvalue weighted by molar-refractivity contribution is 0.611. The third kappa shape index (κ3) is 36.2. The van der Waals surface area contributed by atoms with E-state index < -0.39 is 0 Å². The molecule has 0 saturated heterocycles. The highest BCUT2D eigenvalue weighted by Crippen LogP contribution is 2.06. The van der Waals surface area contributed by atoms with E-state index in [1.165, 1.54) is 64.2 Å². The zero-order valence-corrected chi connectivity index (χ0v) is 13.1. The molecule has 0 N–H and O–H groups in total. The minimum absolute atomic E-state index is 1.18. The van der Waals surface area contributed by atoms with Crippen molar-refractivity contribution in [3.05, 3.63) is 38.5 Å². The van der Waals surface area contributed by atoms with Crippen molar-refractivity contribution in [3.63, 3.8) is 0 Å². The van der Waals surface area contributed by atoms with Gasteiger partial charge >= 0.3 is 0 Å². The molecule has 0 heterocycles. The maximum Gasteiger partial charge on any atom is -0.0353 e. The molecule has 0 spiro atoms. The van der Waals surface area contributed by atoms with E-state index in [4.69, 9.17) is 0 Å². The van der Waals surface area contributed by atoms with Gasteiger partial charge < -0.3 is 0 Å². The Hall–Kier alpha value is -0.780. The quantitative estimate of drug-likeness (QED) is 0.287. The Morgan fingerprint density at radius 2 is 1.00 bits per heavy atom. The number of allylic oxidation sites excluding steroid dienone is 2. The Bertz CT molecular complexity index is 135. The number of unbranched alkanes of at least 4 members (excludes halogenated alkanes) is 8. The van der Waals surface area contributed by atoms with Crippen LogP contribution < -0.4 is 0 Å². The molecule has 0 nitrogen and oxygen atoms in total. The molecule has 0 aromatic heterocycles. The Morgan fingerprint density at radius 1 is 0.611 bits per heavy atom. The Kier molecular flexibility index (Phi) is 37.1. The van der Waals surface area contributed by atoms with Gasteiger partial charge in [-0.2, -0.15) is 0 Å². The lowest BCUT2D eigenvalue weighted by Crippen LogP contribution is -1.76. The Morgan fingerprint density at radius 3 is 1.39 bits per heavy atom. The van der Waals surface area contributed by atoms with Gasteiger partial charge in [-0.3, -0.25) is 0 Å². The molecule has 0 aliphatic rings. The maximum absolute atomic E-state index is 3.69. The largest absolute Gasteiger partial charge is 0.106 e. The molecule has 0 rings (SSSR count). The van der Waals surface area contributed by atoms with E-state index in [0.29, 0.717) is 0 Å². The third-order valence-electron chi connectivity index (χ3n) is 2.52. The summed E-state index contributed by atoms with van der Waals surface area (Å²) in [6.07, 6.45) is 17.3. The van der Waals surface area contributed by atoms with Crippen LogP contribution in [0, 0.1) is 0 Å². The van der Waals surface area contributed by atoms with E-state index in [2.05, 4.69) is 40.2 Å². The SMILES string of the molecule is C=C.C=CCCCC.C=CCCCCCCCC. The molecule has 0 aliphatic carbocycles. The van der Waals surface area contributed by atoms with Crippen LogP contribution >= 0.6 is 0 Å². The average molecular weight is 252 g/mol. The summed E-state index contributed by atoms with van der Waals surface area (Å²) in [5.41, 5.74) is 0. The van der Waals surface area contributed by atoms with Crippen LogP contribution in [-0.2, 0) is 0 Å². The Balaban J connectivity index is -0.000000241. The van der Waals surface area contributed by atoms with Crippen LogP contribution in [0.5, 0.6) is 0 Å². The van der Waals surface area contributed by atoms with Crippen molar-refractivity contribution in [2.24, 2.45) is 0 Å². The lowest BCUT2D eigenvalue weighted by atomic mass is 10.1. The van der Waals surface area contributed by atoms with Crippen molar-refractivity contribution in [1.82, 2.24) is 0 Å². The fourth-order valence-corrected chi connectivity index (χ4v) is 1.42. The van der Waals surface area contributed by atoms with Crippen LogP contribution in [0.15, 0.2) is 38.5 Å². The van der Waals surface area contributed by atoms with Crippen LogP contribution in [0.4, 0.5) is 0 Å². The highest BCUT2D eigenvalue weighted by Gasteiger charge is 1.86. The van der Waals surface area contributed by atoms with Gasteiger partial charge in [0.2, 0.25) is 0 Å². The summed E-state index contributed by atoms with van der Waals surface area (Å²) in [6.45, 7) is 17.7. The molecule has 0 amide bonds. The second-order valence-corrected chi connectivity index (χ2v) is 4.28. The fourth-order valence-electron chi connectivity index (χ4n) is 1.42. The van der Waals surface area contributed by atoms with Gasteiger partial charge in [0, 0.05) is 0 Å². The molecule has 0 aromatic carbocycles. The van der Waals surface area contributed by atoms with Gasteiger partial charge in [0.15, 0.2) is 0 Å². The predicted octanol–water partition coefficient (Wildman–Crippen LogP) is 7.09. The van der Waals surface area contributed by atoms with Crippen LogP contribution in [-0.4, -0.2) is 0 Å². The monoisotopic (exact) mass is 252 g/mol. The second-order valence-electron chi connectivity index (χ2n) is 4.28. The lowest BCUT2D eigenvalue weighted by Gasteiger charge is -1.96. The molecule has 108 valence electrons. The van der Waals surface area contributed by atoms with E-state index in [0.717, 1.165) is 0 Å². The molecule has 18 heavy (non-hydrogen) atoms. The predicted molar refractivity (Wildman–Crippen MR) is 89.2 cm³/mol. The maximum atomic E-state index is 3.69. The van der Waals surface area contributed by atoms with Crippen LogP contribution in [0.3, 0.4) is 0 Å². The Labute approximate surface area is 117 Å². The molecule has 0 atom stereocenters. The molecule has 0 aliphatic heterocycles. The van der Waals surface area contributed by atoms with E-state index in [1.807, 2.05) is 12.2 Å². The van der Waals surface area contributed by atoms with Crippen LogP contribution in [0.2, 0.25) is 0 Å². The first-order valence-corrected chi connectivity index (χ1v) is 7.55. The van der Waals surface area contributed by atoms with E-state index in [-0.39, 0.29) is 0 Å². The van der Waals surface area contributed by atoms with Crippen molar-refractivity contribution in [3.8, 4) is 0 Å². The van der Waals surface area contributed by atoms with Crippen molar-refractivity contribution in [2.45, 2.75) is 78.1 Å². The molecule has 0 unspecified atom stereocenters. The molecule has 0 radical (unpaired) electrons. The molecule has 0 heteroatoms.